The van der Waals surface area contributed by atoms with Gasteiger partial charge in [-0.05, 0) is 42.2 Å². The molecule has 2 aromatic rings. The second kappa shape index (κ2) is 4.19. The van der Waals surface area contributed by atoms with E-state index >= 15 is 0 Å². The van der Waals surface area contributed by atoms with Crippen LogP contribution in [0.5, 0.6) is 0 Å². The van der Waals surface area contributed by atoms with E-state index in [-0.39, 0.29) is 11.6 Å². The Hall–Kier alpha value is -2.17. The van der Waals surface area contributed by atoms with Crippen LogP contribution in [0, 0.1) is 11.6 Å². The molecular weight excluding hydrogens is 252 g/mol. The van der Waals surface area contributed by atoms with E-state index in [1.165, 1.54) is 6.07 Å². The molecule has 0 amide bonds. The van der Waals surface area contributed by atoms with Crippen molar-refractivity contribution >= 4 is 5.97 Å². The molecule has 0 spiro atoms. The van der Waals surface area contributed by atoms with Crippen LogP contribution in [-0.2, 0) is 6.42 Å². The van der Waals surface area contributed by atoms with Gasteiger partial charge in [-0.15, -0.1) is 0 Å². The zero-order chi connectivity index (χ0) is 13.6. The topological polar surface area (TPSA) is 53.1 Å². The van der Waals surface area contributed by atoms with Crippen molar-refractivity contribution in [2.24, 2.45) is 0 Å². The molecule has 1 aromatic carbocycles. The lowest BCUT2D eigenvalue weighted by Gasteiger charge is -2.11. The van der Waals surface area contributed by atoms with Gasteiger partial charge < -0.3 is 10.1 Å². The summed E-state index contributed by atoms with van der Waals surface area (Å²) in [6, 6.07) is 5.43. The highest BCUT2D eigenvalue weighted by Crippen LogP contribution is 2.38. The van der Waals surface area contributed by atoms with Crippen LogP contribution in [0.4, 0.5) is 8.78 Å². The predicted molar refractivity (Wildman–Crippen MR) is 64.3 cm³/mol. The first kappa shape index (κ1) is 11.9. The first-order chi connectivity index (χ1) is 9.06. The maximum Gasteiger partial charge on any atom is 0.352 e. The largest absolute Gasteiger partial charge is 0.477 e. The van der Waals surface area contributed by atoms with E-state index in [1.807, 2.05) is 0 Å². The van der Waals surface area contributed by atoms with Gasteiger partial charge in [0.1, 0.15) is 5.69 Å². The summed E-state index contributed by atoms with van der Waals surface area (Å²) in [6.07, 6.45) is 1.51. The summed E-state index contributed by atoms with van der Waals surface area (Å²) >= 11 is 0. The maximum absolute atomic E-state index is 13.3. The molecule has 0 radical (unpaired) electrons. The number of hydrogen-bond acceptors (Lipinski definition) is 1. The Kier molecular flexibility index (Phi) is 2.62. The molecule has 2 N–H and O–H groups in total. The number of nitrogens with one attached hydrogen (secondary N) is 1. The minimum Gasteiger partial charge on any atom is -0.477 e. The van der Waals surface area contributed by atoms with E-state index in [9.17, 15) is 13.6 Å². The number of carbonyl (C=O) groups is 1. The van der Waals surface area contributed by atoms with Crippen molar-refractivity contribution in [3.05, 3.63) is 58.4 Å². The summed E-state index contributed by atoms with van der Waals surface area (Å²) in [4.78, 5) is 13.8. The van der Waals surface area contributed by atoms with Crippen molar-refractivity contribution < 1.29 is 18.7 Å². The quantitative estimate of drug-likeness (QED) is 0.874. The third-order valence-corrected chi connectivity index (χ3v) is 3.56. The van der Waals surface area contributed by atoms with Gasteiger partial charge in [0.25, 0.3) is 0 Å². The van der Waals surface area contributed by atoms with Gasteiger partial charge in [0.05, 0.1) is 0 Å². The number of hydrogen-bond donors (Lipinski definition) is 2. The monoisotopic (exact) mass is 263 g/mol. The number of aryl methyl sites for hydroxylation is 1. The number of carboxylic acid groups (broad SMARTS) is 1. The Morgan fingerprint density at radius 2 is 2.05 bits per heavy atom. The Bertz CT molecular complexity index is 663. The molecule has 1 atom stereocenters. The van der Waals surface area contributed by atoms with Crippen LogP contribution in [0.3, 0.4) is 0 Å². The first-order valence-corrected chi connectivity index (χ1v) is 5.96. The number of aromatic carboxylic acids is 1. The molecule has 98 valence electrons. The number of aromatic amines is 1. The molecule has 0 saturated heterocycles. The molecule has 1 aliphatic carbocycles. The fourth-order valence-corrected chi connectivity index (χ4v) is 2.65. The number of fused-ring (bicyclic) bond motifs is 1. The first-order valence-electron chi connectivity index (χ1n) is 5.96. The standard InChI is InChI=1S/C14H11F2NO2/c15-10-4-2-7(5-11(10)16)9-3-1-8-6-12(14(18)19)17-13(8)9/h2,4-6,9,17H,1,3H2,(H,18,19). The predicted octanol–water partition coefficient (Wildman–Crippen LogP) is 3.07. The third kappa shape index (κ3) is 1.91. The van der Waals surface area contributed by atoms with Crippen LogP contribution >= 0.6 is 0 Å². The normalized spacial score (nSPS) is 17.5. The van der Waals surface area contributed by atoms with Crippen molar-refractivity contribution in [1.29, 1.82) is 0 Å². The lowest BCUT2D eigenvalue weighted by Crippen LogP contribution is -2.02. The van der Waals surface area contributed by atoms with Gasteiger partial charge in [-0.25, -0.2) is 13.6 Å². The number of H-pyrrole nitrogens is 1. The van der Waals surface area contributed by atoms with Crippen LogP contribution in [0.25, 0.3) is 0 Å². The number of carboxylic acids is 1. The zero-order valence-corrected chi connectivity index (χ0v) is 9.91. The van der Waals surface area contributed by atoms with E-state index in [2.05, 4.69) is 4.98 Å². The van der Waals surface area contributed by atoms with Crippen molar-refractivity contribution in [3.8, 4) is 0 Å². The SMILES string of the molecule is O=C(O)c1cc2c([nH]1)C(c1ccc(F)c(F)c1)CC2. The number of benzene rings is 1. The zero-order valence-electron chi connectivity index (χ0n) is 9.91. The Balaban J connectivity index is 2.01. The molecule has 3 nitrogen and oxygen atoms in total. The lowest BCUT2D eigenvalue weighted by atomic mass is 9.97. The number of rotatable bonds is 2. The van der Waals surface area contributed by atoms with Crippen molar-refractivity contribution in [2.75, 3.05) is 0 Å². The smallest absolute Gasteiger partial charge is 0.352 e. The van der Waals surface area contributed by atoms with E-state index in [4.69, 9.17) is 5.11 Å². The van der Waals surface area contributed by atoms with Crippen LogP contribution < -0.4 is 0 Å². The highest BCUT2D eigenvalue weighted by atomic mass is 19.2. The summed E-state index contributed by atoms with van der Waals surface area (Å²) in [5.74, 6) is -2.87. The fraction of sp³-hybridized carbons (Fsp3) is 0.214. The average Bonchev–Trinajstić information content (AvgIpc) is 2.92. The van der Waals surface area contributed by atoms with Crippen molar-refractivity contribution in [1.82, 2.24) is 4.98 Å². The second-order valence-corrected chi connectivity index (χ2v) is 4.69. The minimum absolute atomic E-state index is 0.0989. The molecule has 5 heteroatoms. The molecular formula is C14H11F2NO2. The van der Waals surface area contributed by atoms with Crippen LogP contribution in [0.15, 0.2) is 24.3 Å². The number of aromatic nitrogens is 1. The molecule has 19 heavy (non-hydrogen) atoms. The Morgan fingerprint density at radius 3 is 2.74 bits per heavy atom. The van der Waals surface area contributed by atoms with E-state index in [0.717, 1.165) is 30.2 Å². The summed E-state index contributed by atoms with van der Waals surface area (Å²) in [7, 11) is 0. The molecule has 0 fully saturated rings. The van der Waals surface area contributed by atoms with Gasteiger partial charge in [0, 0.05) is 11.6 Å². The van der Waals surface area contributed by atoms with Gasteiger partial charge in [0.15, 0.2) is 11.6 Å². The van der Waals surface area contributed by atoms with Gasteiger partial charge in [0.2, 0.25) is 0 Å². The summed E-state index contributed by atoms with van der Waals surface area (Å²) in [5, 5.41) is 8.94. The number of halogens is 2. The van der Waals surface area contributed by atoms with Gasteiger partial charge in [-0.2, -0.15) is 0 Å². The summed E-state index contributed by atoms with van der Waals surface area (Å²) in [6.45, 7) is 0. The van der Waals surface area contributed by atoms with Gasteiger partial charge >= 0.3 is 5.97 Å². The van der Waals surface area contributed by atoms with Crippen LogP contribution in [0.1, 0.15) is 39.6 Å². The maximum atomic E-state index is 13.3. The highest BCUT2D eigenvalue weighted by Gasteiger charge is 2.28. The molecule has 1 aliphatic rings. The molecule has 1 heterocycles. The lowest BCUT2D eigenvalue weighted by molar-refractivity contribution is 0.0691. The Labute approximate surface area is 107 Å². The molecule has 0 bridgehead atoms. The van der Waals surface area contributed by atoms with E-state index in [1.54, 1.807) is 12.1 Å². The fourth-order valence-electron chi connectivity index (χ4n) is 2.65. The van der Waals surface area contributed by atoms with Gasteiger partial charge in [-0.3, -0.25) is 0 Å². The van der Waals surface area contributed by atoms with Crippen molar-refractivity contribution in [3.63, 3.8) is 0 Å². The average molecular weight is 263 g/mol. The van der Waals surface area contributed by atoms with Crippen molar-refractivity contribution in [2.45, 2.75) is 18.8 Å². The molecule has 3 rings (SSSR count). The van der Waals surface area contributed by atoms with E-state index < -0.39 is 17.6 Å². The summed E-state index contributed by atoms with van der Waals surface area (Å²) in [5.41, 5.74) is 2.53. The minimum atomic E-state index is -1.02. The van der Waals surface area contributed by atoms with Crippen LogP contribution in [-0.4, -0.2) is 16.1 Å². The van der Waals surface area contributed by atoms with Crippen LogP contribution in [0.2, 0.25) is 0 Å². The molecule has 0 saturated carbocycles. The molecule has 1 unspecified atom stereocenters. The van der Waals surface area contributed by atoms with Gasteiger partial charge in [-0.1, -0.05) is 6.07 Å². The summed E-state index contributed by atoms with van der Waals surface area (Å²) < 4.78 is 26.2. The Morgan fingerprint density at radius 1 is 1.26 bits per heavy atom. The molecule has 0 aliphatic heterocycles. The third-order valence-electron chi connectivity index (χ3n) is 3.56. The highest BCUT2D eigenvalue weighted by molar-refractivity contribution is 5.86. The second-order valence-electron chi connectivity index (χ2n) is 4.69. The molecule has 1 aromatic heterocycles. The van der Waals surface area contributed by atoms with E-state index in [0.29, 0.717) is 5.56 Å².